The van der Waals surface area contributed by atoms with Gasteiger partial charge in [-0.05, 0) is 78.1 Å². The van der Waals surface area contributed by atoms with E-state index in [0.29, 0.717) is 25.0 Å². The van der Waals surface area contributed by atoms with Gasteiger partial charge in [0.15, 0.2) is 0 Å². The van der Waals surface area contributed by atoms with E-state index in [9.17, 15) is 4.79 Å². The van der Waals surface area contributed by atoms with Crippen LogP contribution in [0.3, 0.4) is 0 Å². The van der Waals surface area contributed by atoms with Crippen LogP contribution in [-0.2, 0) is 9.47 Å². The molecular formula is C21H38O3. The zero-order valence-electron chi connectivity index (χ0n) is 16.7. The quantitative estimate of drug-likeness (QED) is 0.294. The fraction of sp³-hybridized carbons (Fsp3) is 0.762. The Labute approximate surface area is 149 Å². The smallest absolute Gasteiger partial charge is 0.434 e. The van der Waals surface area contributed by atoms with Gasteiger partial charge in [-0.2, -0.15) is 0 Å². The number of rotatable bonds is 12. The van der Waals surface area contributed by atoms with E-state index >= 15 is 0 Å². The molecule has 0 aliphatic heterocycles. The molecule has 0 saturated heterocycles. The van der Waals surface area contributed by atoms with Gasteiger partial charge in [0.1, 0.15) is 0 Å². The first-order chi connectivity index (χ1) is 11.3. The Bertz CT molecular complexity index is 352. The highest BCUT2D eigenvalue weighted by Crippen LogP contribution is 2.13. The molecule has 0 spiro atoms. The SMILES string of the molecule is CC(C)=CCCC(C)CCOC(=O)OCCC(C)CCC=C(C)C. The van der Waals surface area contributed by atoms with Gasteiger partial charge >= 0.3 is 6.16 Å². The third-order valence-electron chi connectivity index (χ3n) is 4.09. The molecule has 3 nitrogen and oxygen atoms in total. The molecule has 0 bridgehead atoms. The molecule has 2 unspecified atom stereocenters. The second-order valence-electron chi connectivity index (χ2n) is 7.45. The van der Waals surface area contributed by atoms with Crippen molar-refractivity contribution in [1.82, 2.24) is 0 Å². The van der Waals surface area contributed by atoms with Crippen LogP contribution in [0.5, 0.6) is 0 Å². The van der Waals surface area contributed by atoms with E-state index in [1.807, 2.05) is 0 Å². The first kappa shape index (κ1) is 22.8. The molecule has 3 heteroatoms. The minimum Gasteiger partial charge on any atom is -0.434 e. The normalized spacial score (nSPS) is 12.9. The Morgan fingerprint density at radius 1 is 0.750 bits per heavy atom. The number of carbonyl (C=O) groups is 1. The number of ether oxygens (including phenoxy) is 2. The molecule has 0 aliphatic rings. The van der Waals surface area contributed by atoms with Crippen LogP contribution >= 0.6 is 0 Å². The lowest BCUT2D eigenvalue weighted by molar-refractivity contribution is 0.0484. The predicted molar refractivity (Wildman–Crippen MR) is 102 cm³/mol. The van der Waals surface area contributed by atoms with Crippen LogP contribution in [0.25, 0.3) is 0 Å². The highest BCUT2D eigenvalue weighted by atomic mass is 16.7. The fourth-order valence-electron chi connectivity index (χ4n) is 2.33. The summed E-state index contributed by atoms with van der Waals surface area (Å²) in [5, 5.41) is 0. The van der Waals surface area contributed by atoms with Crippen LogP contribution in [0.4, 0.5) is 4.79 Å². The van der Waals surface area contributed by atoms with Crippen molar-refractivity contribution in [3.8, 4) is 0 Å². The number of carbonyl (C=O) groups excluding carboxylic acids is 1. The van der Waals surface area contributed by atoms with Gasteiger partial charge in [0.2, 0.25) is 0 Å². The molecule has 0 amide bonds. The second-order valence-corrected chi connectivity index (χ2v) is 7.45. The van der Waals surface area contributed by atoms with Crippen LogP contribution in [0.1, 0.15) is 80.1 Å². The highest BCUT2D eigenvalue weighted by molar-refractivity contribution is 5.59. The summed E-state index contributed by atoms with van der Waals surface area (Å²) in [6, 6.07) is 0. The van der Waals surface area contributed by atoms with Gasteiger partial charge in [-0.25, -0.2) is 4.79 Å². The topological polar surface area (TPSA) is 35.5 Å². The molecule has 24 heavy (non-hydrogen) atoms. The predicted octanol–water partition coefficient (Wildman–Crippen LogP) is 6.68. The Balaban J connectivity index is 3.62. The third kappa shape index (κ3) is 15.6. The highest BCUT2D eigenvalue weighted by Gasteiger charge is 2.08. The first-order valence-electron chi connectivity index (χ1n) is 9.37. The summed E-state index contributed by atoms with van der Waals surface area (Å²) in [6.07, 6.45) is 10.2. The van der Waals surface area contributed by atoms with Crippen molar-refractivity contribution in [3.05, 3.63) is 23.3 Å². The number of hydrogen-bond acceptors (Lipinski definition) is 3. The zero-order valence-corrected chi connectivity index (χ0v) is 16.7. The number of hydrogen-bond donors (Lipinski definition) is 0. The van der Waals surface area contributed by atoms with Crippen molar-refractivity contribution < 1.29 is 14.3 Å². The van der Waals surface area contributed by atoms with Crippen molar-refractivity contribution in [1.29, 1.82) is 0 Å². The van der Waals surface area contributed by atoms with Gasteiger partial charge in [-0.15, -0.1) is 0 Å². The molecule has 0 radical (unpaired) electrons. The maximum absolute atomic E-state index is 11.5. The molecule has 0 aromatic rings. The molecule has 2 atom stereocenters. The summed E-state index contributed by atoms with van der Waals surface area (Å²) < 4.78 is 10.3. The lowest BCUT2D eigenvalue weighted by Crippen LogP contribution is -2.12. The van der Waals surface area contributed by atoms with E-state index in [1.54, 1.807) is 0 Å². The van der Waals surface area contributed by atoms with Gasteiger partial charge < -0.3 is 9.47 Å². The Morgan fingerprint density at radius 3 is 1.46 bits per heavy atom. The molecule has 0 aromatic carbocycles. The lowest BCUT2D eigenvalue weighted by atomic mass is 10.0. The van der Waals surface area contributed by atoms with Gasteiger partial charge in [-0.3, -0.25) is 0 Å². The number of allylic oxidation sites excluding steroid dienone is 4. The minimum absolute atomic E-state index is 0.449. The molecule has 0 heterocycles. The average Bonchev–Trinajstić information content (AvgIpc) is 2.46. The maximum Gasteiger partial charge on any atom is 0.508 e. The lowest BCUT2D eigenvalue weighted by Gasteiger charge is -2.12. The molecule has 0 N–H and O–H groups in total. The Morgan fingerprint density at radius 2 is 1.12 bits per heavy atom. The molecular weight excluding hydrogens is 300 g/mol. The molecule has 0 rings (SSSR count). The Kier molecular flexibility index (Phi) is 13.4. The van der Waals surface area contributed by atoms with Crippen LogP contribution in [0.15, 0.2) is 23.3 Å². The summed E-state index contributed by atoms with van der Waals surface area (Å²) in [7, 11) is 0. The van der Waals surface area contributed by atoms with E-state index in [4.69, 9.17) is 9.47 Å². The van der Waals surface area contributed by atoms with Gasteiger partial charge in [0.25, 0.3) is 0 Å². The second kappa shape index (κ2) is 14.1. The summed E-state index contributed by atoms with van der Waals surface area (Å²) in [6.45, 7) is 13.8. The van der Waals surface area contributed by atoms with Crippen molar-refractivity contribution in [2.45, 2.75) is 80.1 Å². The molecule has 0 aliphatic carbocycles. The minimum atomic E-state index is -0.525. The third-order valence-corrected chi connectivity index (χ3v) is 4.09. The van der Waals surface area contributed by atoms with Crippen LogP contribution in [0, 0.1) is 11.8 Å². The van der Waals surface area contributed by atoms with E-state index in [2.05, 4.69) is 53.7 Å². The van der Waals surface area contributed by atoms with E-state index in [-0.39, 0.29) is 0 Å². The first-order valence-corrected chi connectivity index (χ1v) is 9.37. The van der Waals surface area contributed by atoms with Crippen molar-refractivity contribution in [2.24, 2.45) is 11.8 Å². The summed E-state index contributed by atoms with van der Waals surface area (Å²) in [5.41, 5.74) is 2.72. The van der Waals surface area contributed by atoms with Gasteiger partial charge in [-0.1, -0.05) is 37.1 Å². The summed E-state index contributed by atoms with van der Waals surface area (Å²) in [5.74, 6) is 1.12. The largest absolute Gasteiger partial charge is 0.508 e. The molecule has 140 valence electrons. The van der Waals surface area contributed by atoms with E-state index < -0.39 is 6.16 Å². The van der Waals surface area contributed by atoms with Crippen LogP contribution in [-0.4, -0.2) is 19.4 Å². The van der Waals surface area contributed by atoms with Crippen LogP contribution in [0.2, 0.25) is 0 Å². The molecule has 0 fully saturated rings. The van der Waals surface area contributed by atoms with Gasteiger partial charge in [0.05, 0.1) is 13.2 Å². The van der Waals surface area contributed by atoms with Crippen molar-refractivity contribution >= 4 is 6.16 Å². The fourth-order valence-corrected chi connectivity index (χ4v) is 2.33. The van der Waals surface area contributed by atoms with Crippen molar-refractivity contribution in [3.63, 3.8) is 0 Å². The standard InChI is InChI=1S/C21H38O3/c1-17(2)9-7-11-19(5)13-15-23-21(22)24-16-14-20(6)12-8-10-18(3)4/h9-10,19-20H,7-8,11-16H2,1-6H3. The summed E-state index contributed by atoms with van der Waals surface area (Å²) >= 11 is 0. The summed E-state index contributed by atoms with van der Waals surface area (Å²) in [4.78, 5) is 11.5. The molecule has 0 saturated carbocycles. The average molecular weight is 339 g/mol. The van der Waals surface area contributed by atoms with E-state index in [1.165, 1.54) is 11.1 Å². The van der Waals surface area contributed by atoms with E-state index in [0.717, 1.165) is 38.5 Å². The molecule has 0 aromatic heterocycles. The van der Waals surface area contributed by atoms with Gasteiger partial charge in [0, 0.05) is 0 Å². The van der Waals surface area contributed by atoms with Crippen molar-refractivity contribution in [2.75, 3.05) is 13.2 Å². The van der Waals surface area contributed by atoms with Crippen LogP contribution < -0.4 is 0 Å². The zero-order chi connectivity index (χ0) is 18.4. The monoisotopic (exact) mass is 338 g/mol. The maximum atomic E-state index is 11.5. The Hall–Kier alpha value is -1.25.